The Bertz CT molecular complexity index is 1250. The van der Waals surface area contributed by atoms with Crippen LogP contribution >= 0.6 is 0 Å². The van der Waals surface area contributed by atoms with Gasteiger partial charge < -0.3 is 10.1 Å². The molecule has 1 N–H and O–H groups in total. The van der Waals surface area contributed by atoms with Crippen LogP contribution in [0.5, 0.6) is 11.6 Å². The van der Waals surface area contributed by atoms with Crippen LogP contribution in [0.4, 0.5) is 13.2 Å². The third-order valence-corrected chi connectivity index (χ3v) is 6.78. The van der Waals surface area contributed by atoms with Gasteiger partial charge in [-0.25, -0.2) is 18.4 Å². The Hall–Kier alpha value is -3.21. The summed E-state index contributed by atoms with van der Waals surface area (Å²) in [6, 6.07) is 9.85. The summed E-state index contributed by atoms with van der Waals surface area (Å²) in [4.78, 5) is 20.5. The fourth-order valence-electron chi connectivity index (χ4n) is 3.32. The van der Waals surface area contributed by atoms with Crippen molar-refractivity contribution in [3.63, 3.8) is 0 Å². The van der Waals surface area contributed by atoms with E-state index in [-0.39, 0.29) is 35.0 Å². The summed E-state index contributed by atoms with van der Waals surface area (Å²) in [5, 5.41) is 3.48. The van der Waals surface area contributed by atoms with E-state index in [1.807, 2.05) is 0 Å². The number of nitrogens with zero attached hydrogens (tertiary/aromatic N) is 2. The van der Waals surface area contributed by atoms with Crippen LogP contribution in [0.2, 0.25) is 0 Å². The molecule has 7 nitrogen and oxygen atoms in total. The Morgan fingerprint density at radius 1 is 1.06 bits per heavy atom. The second-order valence-electron chi connectivity index (χ2n) is 7.44. The van der Waals surface area contributed by atoms with Crippen LogP contribution < -0.4 is 10.1 Å². The Morgan fingerprint density at radius 2 is 1.81 bits per heavy atom. The van der Waals surface area contributed by atoms with E-state index in [0.29, 0.717) is 35.7 Å². The quantitative estimate of drug-likeness (QED) is 0.630. The topological polar surface area (TPSA) is 98.2 Å². The van der Waals surface area contributed by atoms with E-state index in [1.165, 1.54) is 6.07 Å². The minimum Gasteiger partial charge on any atom is -0.439 e. The molecule has 32 heavy (non-hydrogen) atoms. The zero-order valence-electron chi connectivity index (χ0n) is 16.6. The third-order valence-electron chi connectivity index (χ3n) is 5.07. The largest absolute Gasteiger partial charge is 0.439 e. The molecule has 0 unspecified atom stereocenters. The molecule has 1 fully saturated rings. The van der Waals surface area contributed by atoms with E-state index in [0.717, 1.165) is 12.1 Å². The number of carbonyl (C=O) groups excluding carboxylic acids is 1. The molecular formula is C21H18F3N3O4S. The average molecular weight is 465 g/mol. The maximum atomic E-state index is 12.6. The van der Waals surface area contributed by atoms with Crippen LogP contribution in [0.15, 0.2) is 48.7 Å². The lowest BCUT2D eigenvalue weighted by Crippen LogP contribution is -2.41. The van der Waals surface area contributed by atoms with Crippen LogP contribution in [0.3, 0.4) is 0 Å². The summed E-state index contributed by atoms with van der Waals surface area (Å²) in [5.74, 6) is 0.0905. The lowest BCUT2D eigenvalue weighted by atomic mass is 10.1. The number of sulfone groups is 1. The first-order valence-electron chi connectivity index (χ1n) is 9.72. The fourth-order valence-corrected chi connectivity index (χ4v) is 4.81. The summed E-state index contributed by atoms with van der Waals surface area (Å²) in [7, 11) is -3.01. The highest BCUT2D eigenvalue weighted by atomic mass is 32.2. The number of fused-ring (bicyclic) bond motifs is 1. The molecule has 1 saturated heterocycles. The molecule has 11 heteroatoms. The average Bonchev–Trinajstić information content (AvgIpc) is 2.74. The van der Waals surface area contributed by atoms with Crippen molar-refractivity contribution in [2.24, 2.45) is 0 Å². The van der Waals surface area contributed by atoms with E-state index in [4.69, 9.17) is 4.74 Å². The molecular weight excluding hydrogens is 447 g/mol. The zero-order valence-corrected chi connectivity index (χ0v) is 17.4. The first-order valence-corrected chi connectivity index (χ1v) is 11.5. The first kappa shape index (κ1) is 22.0. The van der Waals surface area contributed by atoms with Gasteiger partial charge in [-0.05, 0) is 43.2 Å². The molecule has 0 spiro atoms. The molecule has 1 aromatic carbocycles. The predicted octanol–water partition coefficient (Wildman–Crippen LogP) is 3.75. The molecule has 168 valence electrons. The van der Waals surface area contributed by atoms with Gasteiger partial charge in [-0.1, -0.05) is 6.07 Å². The van der Waals surface area contributed by atoms with Gasteiger partial charge >= 0.3 is 6.18 Å². The Morgan fingerprint density at radius 3 is 2.47 bits per heavy atom. The highest BCUT2D eigenvalue weighted by Crippen LogP contribution is 2.30. The molecule has 1 aliphatic heterocycles. The normalized spacial score (nSPS) is 16.6. The van der Waals surface area contributed by atoms with Gasteiger partial charge in [-0.15, -0.1) is 0 Å². The number of aromatic nitrogens is 2. The number of hydrogen-bond donors (Lipinski definition) is 1. The van der Waals surface area contributed by atoms with Gasteiger partial charge in [0.2, 0.25) is 5.88 Å². The van der Waals surface area contributed by atoms with E-state index in [2.05, 4.69) is 15.3 Å². The van der Waals surface area contributed by atoms with Crippen molar-refractivity contribution in [1.82, 2.24) is 15.3 Å². The van der Waals surface area contributed by atoms with Gasteiger partial charge in [0.15, 0.2) is 0 Å². The molecule has 3 heterocycles. The highest BCUT2D eigenvalue weighted by Gasteiger charge is 2.30. The Labute approximate surface area is 181 Å². The summed E-state index contributed by atoms with van der Waals surface area (Å²) in [5.41, 5.74) is -0.145. The SMILES string of the molecule is O=C(NC1CCS(=O)(=O)CC1)c1ccc2cc(Oc3ccc(C(F)(F)F)cn3)ccc2n1. The number of halogens is 3. The van der Waals surface area contributed by atoms with Gasteiger partial charge in [0.25, 0.3) is 5.91 Å². The van der Waals surface area contributed by atoms with Crippen molar-refractivity contribution in [1.29, 1.82) is 0 Å². The number of hydrogen-bond acceptors (Lipinski definition) is 6. The molecule has 0 radical (unpaired) electrons. The molecule has 4 rings (SSSR count). The second-order valence-corrected chi connectivity index (χ2v) is 9.74. The molecule has 0 aliphatic carbocycles. The summed E-state index contributed by atoms with van der Waals surface area (Å²) in [6.07, 6.45) is -3.02. The number of carbonyl (C=O) groups is 1. The smallest absolute Gasteiger partial charge is 0.417 e. The Balaban J connectivity index is 1.44. The van der Waals surface area contributed by atoms with E-state index >= 15 is 0 Å². The van der Waals surface area contributed by atoms with Gasteiger partial charge in [0.1, 0.15) is 21.3 Å². The molecule has 0 saturated carbocycles. The van der Waals surface area contributed by atoms with Crippen LogP contribution in [0.1, 0.15) is 28.9 Å². The first-order chi connectivity index (χ1) is 15.1. The van der Waals surface area contributed by atoms with Crippen molar-refractivity contribution in [3.8, 4) is 11.6 Å². The van der Waals surface area contributed by atoms with Gasteiger partial charge in [0, 0.05) is 23.7 Å². The summed E-state index contributed by atoms with van der Waals surface area (Å²) < 4.78 is 66.4. The van der Waals surface area contributed by atoms with Crippen molar-refractivity contribution in [2.75, 3.05) is 11.5 Å². The number of alkyl halides is 3. The van der Waals surface area contributed by atoms with Gasteiger partial charge in [-0.2, -0.15) is 13.2 Å². The van der Waals surface area contributed by atoms with Gasteiger partial charge in [0.05, 0.1) is 22.6 Å². The standard InChI is InChI=1S/C21H18F3N3O4S/c22-21(23,24)14-2-6-19(25-12-14)31-16-3-5-17-13(11-16)1-4-18(27-17)20(28)26-15-7-9-32(29,30)10-8-15/h1-6,11-12,15H,7-10H2,(H,26,28). The predicted molar refractivity (Wildman–Crippen MR) is 110 cm³/mol. The highest BCUT2D eigenvalue weighted by molar-refractivity contribution is 7.91. The van der Waals surface area contributed by atoms with Crippen LogP contribution in [0.25, 0.3) is 10.9 Å². The van der Waals surface area contributed by atoms with Crippen LogP contribution in [-0.2, 0) is 16.0 Å². The minimum atomic E-state index is -4.47. The summed E-state index contributed by atoms with van der Waals surface area (Å²) >= 11 is 0. The maximum absolute atomic E-state index is 12.6. The molecule has 3 aromatic rings. The lowest BCUT2D eigenvalue weighted by molar-refractivity contribution is -0.137. The van der Waals surface area contributed by atoms with Crippen molar-refractivity contribution in [2.45, 2.75) is 25.1 Å². The van der Waals surface area contributed by atoms with Crippen molar-refractivity contribution >= 4 is 26.6 Å². The van der Waals surface area contributed by atoms with Gasteiger partial charge in [-0.3, -0.25) is 4.79 Å². The second kappa shape index (κ2) is 8.38. The molecule has 1 aliphatic rings. The maximum Gasteiger partial charge on any atom is 0.417 e. The van der Waals surface area contributed by atoms with Crippen molar-refractivity contribution < 1.29 is 31.1 Å². The van der Waals surface area contributed by atoms with Crippen molar-refractivity contribution in [3.05, 3.63) is 59.9 Å². The Kier molecular flexibility index (Phi) is 5.76. The lowest BCUT2D eigenvalue weighted by Gasteiger charge is -2.22. The number of benzene rings is 1. The van der Waals surface area contributed by atoms with E-state index < -0.39 is 21.6 Å². The number of amides is 1. The van der Waals surface area contributed by atoms with Crippen LogP contribution in [0, 0.1) is 0 Å². The zero-order chi connectivity index (χ0) is 22.9. The minimum absolute atomic E-state index is 0.0100. The summed E-state index contributed by atoms with van der Waals surface area (Å²) in [6.45, 7) is 0. The number of rotatable bonds is 4. The number of pyridine rings is 2. The number of ether oxygens (including phenoxy) is 1. The monoisotopic (exact) mass is 465 g/mol. The molecule has 0 atom stereocenters. The molecule has 1 amide bonds. The van der Waals surface area contributed by atoms with Crippen LogP contribution in [-0.4, -0.2) is 41.8 Å². The molecule has 0 bridgehead atoms. The third kappa shape index (κ3) is 5.16. The molecule has 2 aromatic heterocycles. The number of nitrogens with one attached hydrogen (secondary N) is 1. The van der Waals surface area contributed by atoms with E-state index in [1.54, 1.807) is 24.3 Å². The van der Waals surface area contributed by atoms with E-state index in [9.17, 15) is 26.4 Å². The fraction of sp³-hybridized carbons (Fsp3) is 0.286.